The molecule has 0 atom stereocenters. The molecule has 0 aliphatic rings. The Labute approximate surface area is 175 Å². The Balaban J connectivity index is 1.87. The lowest BCUT2D eigenvalue weighted by atomic mass is 10.2. The van der Waals surface area contributed by atoms with E-state index in [9.17, 15) is 4.79 Å². The molecule has 3 rings (SSSR count). The molecule has 28 heavy (non-hydrogen) atoms. The maximum absolute atomic E-state index is 13.0. The van der Waals surface area contributed by atoms with Crippen LogP contribution in [-0.4, -0.2) is 37.1 Å². The van der Waals surface area contributed by atoms with Crippen LogP contribution >= 0.6 is 22.7 Å². The van der Waals surface area contributed by atoms with Crippen LogP contribution in [0, 0.1) is 0 Å². The maximum Gasteiger partial charge on any atom is 0.253 e. The number of carbonyl (C=O) groups excluding carboxylic acids is 1. The van der Waals surface area contributed by atoms with Gasteiger partial charge in [-0.1, -0.05) is 30.4 Å². The summed E-state index contributed by atoms with van der Waals surface area (Å²) in [6.45, 7) is 10.2. The number of amides is 1. The van der Waals surface area contributed by atoms with E-state index < -0.39 is 0 Å². The number of nitrogens with one attached hydrogen (secondary N) is 1. The van der Waals surface area contributed by atoms with Gasteiger partial charge in [0, 0.05) is 11.0 Å². The smallest absolute Gasteiger partial charge is 0.253 e. The van der Waals surface area contributed by atoms with E-state index in [2.05, 4.69) is 39.0 Å². The molecule has 0 unspecified atom stereocenters. The van der Waals surface area contributed by atoms with Crippen molar-refractivity contribution in [1.82, 2.24) is 4.98 Å². The Bertz CT molecular complexity index is 927. The van der Waals surface area contributed by atoms with Gasteiger partial charge in [0.2, 0.25) is 0 Å². The monoisotopic (exact) mass is 414 g/mol. The van der Waals surface area contributed by atoms with E-state index in [1.807, 2.05) is 28.5 Å². The number of rotatable bonds is 9. The number of quaternary nitrogens is 1. The van der Waals surface area contributed by atoms with E-state index in [4.69, 9.17) is 4.98 Å². The molecule has 4 nitrogen and oxygen atoms in total. The van der Waals surface area contributed by atoms with Gasteiger partial charge in [-0.2, -0.15) is 0 Å². The number of aromatic nitrogens is 1. The molecule has 3 aromatic rings. The van der Waals surface area contributed by atoms with Crippen LogP contribution in [0.1, 0.15) is 31.2 Å². The normalized spacial score (nSPS) is 11.7. The Morgan fingerprint density at radius 2 is 2.04 bits per heavy atom. The van der Waals surface area contributed by atoms with E-state index in [0.29, 0.717) is 6.54 Å². The second-order valence-corrected chi connectivity index (χ2v) is 8.69. The van der Waals surface area contributed by atoms with Crippen molar-refractivity contribution in [1.29, 1.82) is 0 Å². The van der Waals surface area contributed by atoms with Gasteiger partial charge in [-0.25, -0.2) is 4.98 Å². The maximum atomic E-state index is 13.0. The molecular formula is C22H28N3OS2+. The van der Waals surface area contributed by atoms with Crippen molar-refractivity contribution in [2.75, 3.05) is 31.1 Å². The molecular weight excluding hydrogens is 386 g/mol. The number of anilines is 1. The number of likely N-dealkylation sites (N-methyl/N-ethyl adjacent to an activating group) is 1. The van der Waals surface area contributed by atoms with Gasteiger partial charge in [-0.15, -0.1) is 11.3 Å². The summed E-state index contributed by atoms with van der Waals surface area (Å²) >= 11 is 3.24. The standard InChI is InChI=1S/C22H27N3OS2/c1-4-17-9-11-19-20(16-17)28-22(23-19)25(14-13-24(5-2)6-3)21(26)12-10-18-8-7-15-27-18/h7-12,15-16H,4-6,13-14H2,1-3H3/p+1/b12-10+. The third-order valence-electron chi connectivity index (χ3n) is 4.97. The van der Waals surface area contributed by atoms with Crippen molar-refractivity contribution in [2.45, 2.75) is 27.2 Å². The molecule has 2 aromatic heterocycles. The molecule has 0 bridgehead atoms. The first-order chi connectivity index (χ1) is 13.6. The van der Waals surface area contributed by atoms with Crippen molar-refractivity contribution >= 4 is 50.0 Å². The van der Waals surface area contributed by atoms with E-state index >= 15 is 0 Å². The highest BCUT2D eigenvalue weighted by Gasteiger charge is 2.20. The van der Waals surface area contributed by atoms with Gasteiger partial charge < -0.3 is 4.90 Å². The summed E-state index contributed by atoms with van der Waals surface area (Å²) in [4.78, 5) is 22.2. The van der Waals surface area contributed by atoms with Crippen molar-refractivity contribution in [3.05, 3.63) is 52.2 Å². The second-order valence-electron chi connectivity index (χ2n) is 6.70. The summed E-state index contributed by atoms with van der Waals surface area (Å²) in [6.07, 6.45) is 4.57. The molecule has 1 aromatic carbocycles. The number of aryl methyl sites for hydroxylation is 1. The fourth-order valence-corrected chi connectivity index (χ4v) is 4.77. The highest BCUT2D eigenvalue weighted by molar-refractivity contribution is 7.22. The first-order valence-electron chi connectivity index (χ1n) is 9.90. The van der Waals surface area contributed by atoms with E-state index in [1.54, 1.807) is 28.7 Å². The molecule has 0 aliphatic heterocycles. The molecule has 1 amide bonds. The minimum atomic E-state index is -0.00488. The van der Waals surface area contributed by atoms with Crippen LogP contribution < -0.4 is 9.80 Å². The summed E-state index contributed by atoms with van der Waals surface area (Å²) < 4.78 is 1.14. The van der Waals surface area contributed by atoms with Crippen molar-refractivity contribution < 1.29 is 9.69 Å². The summed E-state index contributed by atoms with van der Waals surface area (Å²) in [5.41, 5.74) is 2.26. The lowest BCUT2D eigenvalue weighted by Gasteiger charge is -2.21. The third kappa shape index (κ3) is 5.07. The van der Waals surface area contributed by atoms with Crippen LogP contribution in [0.3, 0.4) is 0 Å². The summed E-state index contributed by atoms with van der Waals surface area (Å²) in [7, 11) is 0. The highest BCUT2D eigenvalue weighted by atomic mass is 32.1. The Morgan fingerprint density at radius 1 is 1.21 bits per heavy atom. The first kappa shape index (κ1) is 20.7. The Kier molecular flexibility index (Phi) is 7.36. The molecule has 0 fully saturated rings. The van der Waals surface area contributed by atoms with Crippen LogP contribution in [0.15, 0.2) is 41.8 Å². The van der Waals surface area contributed by atoms with Crippen molar-refractivity contribution in [3.63, 3.8) is 0 Å². The quantitative estimate of drug-likeness (QED) is 0.540. The van der Waals surface area contributed by atoms with Crippen LogP contribution in [0.25, 0.3) is 16.3 Å². The third-order valence-corrected chi connectivity index (χ3v) is 6.85. The Morgan fingerprint density at radius 3 is 2.71 bits per heavy atom. The van der Waals surface area contributed by atoms with Crippen molar-refractivity contribution in [3.8, 4) is 0 Å². The van der Waals surface area contributed by atoms with Gasteiger partial charge in [0.1, 0.15) is 0 Å². The van der Waals surface area contributed by atoms with Crippen LogP contribution in [0.2, 0.25) is 0 Å². The number of thiazole rings is 1. The number of nitrogens with zero attached hydrogens (tertiary/aromatic N) is 2. The fraction of sp³-hybridized carbons (Fsp3) is 0.364. The molecule has 148 valence electrons. The number of carbonyl (C=O) groups is 1. The molecule has 0 radical (unpaired) electrons. The zero-order valence-corrected chi connectivity index (χ0v) is 18.4. The predicted octanol–water partition coefficient (Wildman–Crippen LogP) is 3.89. The van der Waals surface area contributed by atoms with Gasteiger partial charge in [0.25, 0.3) is 5.91 Å². The molecule has 2 heterocycles. The Hall–Kier alpha value is -2.02. The average Bonchev–Trinajstić information content (AvgIpc) is 3.38. The molecule has 6 heteroatoms. The topological polar surface area (TPSA) is 37.6 Å². The van der Waals surface area contributed by atoms with Gasteiger partial charge in [-0.05, 0) is 55.5 Å². The van der Waals surface area contributed by atoms with E-state index in [1.165, 1.54) is 10.5 Å². The van der Waals surface area contributed by atoms with Crippen molar-refractivity contribution in [2.24, 2.45) is 0 Å². The molecule has 0 aliphatic carbocycles. The predicted molar refractivity (Wildman–Crippen MR) is 122 cm³/mol. The summed E-state index contributed by atoms with van der Waals surface area (Å²) in [6, 6.07) is 10.4. The second kappa shape index (κ2) is 9.96. The molecule has 0 spiro atoms. The fourth-order valence-electron chi connectivity index (χ4n) is 3.10. The van der Waals surface area contributed by atoms with E-state index in [0.717, 1.165) is 46.3 Å². The number of benzene rings is 1. The van der Waals surface area contributed by atoms with Gasteiger partial charge in [0.15, 0.2) is 5.13 Å². The minimum absolute atomic E-state index is 0.00488. The number of thiophene rings is 1. The van der Waals surface area contributed by atoms with Crippen LogP contribution in [0.5, 0.6) is 0 Å². The molecule has 0 saturated heterocycles. The zero-order valence-electron chi connectivity index (χ0n) is 16.8. The molecule has 0 saturated carbocycles. The van der Waals surface area contributed by atoms with Crippen LogP contribution in [-0.2, 0) is 11.2 Å². The summed E-state index contributed by atoms with van der Waals surface area (Å²) in [5.74, 6) is -0.00488. The average molecular weight is 415 g/mol. The minimum Gasteiger partial charge on any atom is -0.334 e. The largest absolute Gasteiger partial charge is 0.334 e. The highest BCUT2D eigenvalue weighted by Crippen LogP contribution is 2.30. The first-order valence-corrected chi connectivity index (χ1v) is 11.6. The number of fused-ring (bicyclic) bond motifs is 1. The lowest BCUT2D eigenvalue weighted by molar-refractivity contribution is -0.894. The summed E-state index contributed by atoms with van der Waals surface area (Å²) in [5, 5.41) is 2.81. The molecule has 1 N–H and O–H groups in total. The van der Waals surface area contributed by atoms with Gasteiger partial charge in [-0.3, -0.25) is 9.69 Å². The van der Waals surface area contributed by atoms with Crippen LogP contribution in [0.4, 0.5) is 5.13 Å². The van der Waals surface area contributed by atoms with Gasteiger partial charge in [0.05, 0.1) is 36.4 Å². The number of hydrogen-bond acceptors (Lipinski definition) is 4. The lowest BCUT2D eigenvalue weighted by Crippen LogP contribution is -3.12. The van der Waals surface area contributed by atoms with Gasteiger partial charge >= 0.3 is 0 Å². The SMILES string of the molecule is CCc1ccc2nc(N(CC[NH+](CC)CC)C(=O)/C=C/c3cccs3)sc2c1. The zero-order chi connectivity index (χ0) is 19.9. The number of hydrogen-bond donors (Lipinski definition) is 1. The van der Waals surface area contributed by atoms with E-state index in [-0.39, 0.29) is 5.91 Å².